The van der Waals surface area contributed by atoms with Gasteiger partial charge < -0.3 is 15.2 Å². The Morgan fingerprint density at radius 2 is 1.13 bits per heavy atom. The van der Waals surface area contributed by atoms with E-state index in [1.54, 1.807) is 0 Å². The summed E-state index contributed by atoms with van der Waals surface area (Å²) in [5.74, 6) is 0. The van der Waals surface area contributed by atoms with Crippen molar-refractivity contribution in [2.24, 2.45) is 5.73 Å². The van der Waals surface area contributed by atoms with Crippen LogP contribution in [0.4, 0.5) is 0 Å². The van der Waals surface area contributed by atoms with E-state index in [0.717, 1.165) is 65.2 Å². The Kier molecular flexibility index (Phi) is 21.5. The van der Waals surface area contributed by atoms with Gasteiger partial charge in [0.05, 0.1) is 0 Å². The molecule has 0 aliphatic heterocycles. The van der Waals surface area contributed by atoms with Gasteiger partial charge in [-0.2, -0.15) is 0 Å². The molecule has 2 aromatic heterocycles. The molecule has 0 saturated heterocycles. The topological polar surface area (TPSA) is 61.2 Å². The molecule has 0 fully saturated rings. The van der Waals surface area contributed by atoms with Gasteiger partial charge in [-0.05, 0) is 75.6 Å². The number of nitrogens with zero attached hydrogens (tertiary/aromatic N) is 2. The summed E-state index contributed by atoms with van der Waals surface area (Å²) in [7, 11) is 0. The molecular weight excluding hydrogens is 482 g/mol. The molecule has 5 nitrogen and oxygen atoms in total. The molecule has 2 N–H and O–H groups in total. The zero-order chi connectivity index (χ0) is 27.5. The second kappa shape index (κ2) is 25.2. The van der Waals surface area contributed by atoms with E-state index in [0.29, 0.717) is 0 Å². The maximum atomic E-state index is 5.85. The summed E-state index contributed by atoms with van der Waals surface area (Å²) in [4.78, 5) is 4.16. The maximum Gasteiger partial charge on any atom is 0.171 e. The molecule has 0 radical (unpaired) electrons. The quantitative estimate of drug-likeness (QED) is 0.0948. The zero-order valence-electron chi connectivity index (χ0n) is 24.9. The molecule has 0 aliphatic carbocycles. The van der Waals surface area contributed by atoms with Crippen LogP contribution in [-0.2, 0) is 28.9 Å². The monoisotopic (exact) mass is 540 g/mol. The molecule has 220 valence electrons. The van der Waals surface area contributed by atoms with Crippen LogP contribution < -0.4 is 10.3 Å². The van der Waals surface area contributed by atoms with Crippen LogP contribution in [0.25, 0.3) is 0 Å². The van der Waals surface area contributed by atoms with E-state index >= 15 is 0 Å². The summed E-state index contributed by atoms with van der Waals surface area (Å²) in [5.41, 5.74) is 8.27. The van der Waals surface area contributed by atoms with Gasteiger partial charge in [0.15, 0.2) is 12.4 Å². The first-order valence-corrected chi connectivity index (χ1v) is 16.1. The first-order chi connectivity index (χ1) is 19.4. The highest BCUT2D eigenvalue weighted by Gasteiger charge is 2.03. The van der Waals surface area contributed by atoms with Crippen molar-refractivity contribution in [1.29, 1.82) is 0 Å². The molecule has 0 spiro atoms. The molecule has 0 bridgehead atoms. The number of hydrogen-bond donors (Lipinski definition) is 1. The Bertz CT molecular complexity index is 787. The summed E-state index contributed by atoms with van der Waals surface area (Å²) in [5, 5.41) is 0. The molecule has 0 aliphatic rings. The summed E-state index contributed by atoms with van der Waals surface area (Å²) in [6.45, 7) is 5.52. The molecule has 2 heterocycles. The third-order valence-electron chi connectivity index (χ3n) is 7.35. The second-order valence-electron chi connectivity index (χ2n) is 11.0. The van der Waals surface area contributed by atoms with E-state index in [-0.39, 0.29) is 0 Å². The van der Waals surface area contributed by atoms with E-state index in [2.05, 4.69) is 40.1 Å². The number of rotatable bonds is 27. The number of nitrogens with two attached hydrogens (primary N) is 1. The lowest BCUT2D eigenvalue weighted by Crippen LogP contribution is -2.33. The van der Waals surface area contributed by atoms with Crippen molar-refractivity contribution in [3.63, 3.8) is 0 Å². The van der Waals surface area contributed by atoms with Crippen LogP contribution in [0.5, 0.6) is 0 Å². The van der Waals surface area contributed by atoms with Gasteiger partial charge in [0.25, 0.3) is 0 Å². The van der Waals surface area contributed by atoms with Crippen LogP contribution in [0.2, 0.25) is 0 Å². The van der Waals surface area contributed by atoms with Crippen molar-refractivity contribution in [3.05, 3.63) is 60.2 Å². The van der Waals surface area contributed by atoms with Crippen LogP contribution >= 0.6 is 0 Å². The Labute approximate surface area is 239 Å². The van der Waals surface area contributed by atoms with Gasteiger partial charge in [-0.1, -0.05) is 63.9 Å². The van der Waals surface area contributed by atoms with Gasteiger partial charge in [0.1, 0.15) is 6.54 Å². The third kappa shape index (κ3) is 19.8. The van der Waals surface area contributed by atoms with Crippen LogP contribution in [0.1, 0.15) is 114 Å². The fraction of sp³-hybridized carbons (Fsp3) is 0.706. The lowest BCUT2D eigenvalue weighted by atomic mass is 10.1. The fourth-order valence-electron chi connectivity index (χ4n) is 4.98. The highest BCUT2D eigenvalue weighted by Crippen LogP contribution is 2.10. The van der Waals surface area contributed by atoms with Crippen molar-refractivity contribution in [2.75, 3.05) is 33.0 Å². The second-order valence-corrected chi connectivity index (χ2v) is 11.0. The first kappa shape index (κ1) is 33.4. The largest absolute Gasteiger partial charge is 0.381 e. The molecule has 0 unspecified atom stereocenters. The van der Waals surface area contributed by atoms with E-state index in [1.807, 2.05) is 18.5 Å². The smallest absolute Gasteiger partial charge is 0.171 e. The van der Waals surface area contributed by atoms with Gasteiger partial charge in [0.2, 0.25) is 0 Å². The van der Waals surface area contributed by atoms with Gasteiger partial charge >= 0.3 is 0 Å². The van der Waals surface area contributed by atoms with Gasteiger partial charge in [-0.3, -0.25) is 4.98 Å². The summed E-state index contributed by atoms with van der Waals surface area (Å²) in [6, 6.07) is 8.60. The highest BCUT2D eigenvalue weighted by atomic mass is 16.5. The molecule has 5 heteroatoms. The minimum atomic E-state index is 0.831. The molecule has 0 amide bonds. The summed E-state index contributed by atoms with van der Waals surface area (Å²) in [6.07, 6.45) is 30.8. The number of unbranched alkanes of at least 4 members (excludes halogenated alkanes) is 12. The van der Waals surface area contributed by atoms with Crippen LogP contribution in [0, 0.1) is 0 Å². The molecular formula is C34H58N3O2+. The lowest BCUT2D eigenvalue weighted by molar-refractivity contribution is -0.697. The SMILES string of the molecule is NCCCCCCCCOCCCc1ccc[n+](CCCCCCCCCCOCCCc2cccnc2)c1. The average Bonchev–Trinajstić information content (AvgIpc) is 2.97. The van der Waals surface area contributed by atoms with Crippen LogP contribution in [0.3, 0.4) is 0 Å². The summed E-state index contributed by atoms with van der Waals surface area (Å²) < 4.78 is 14.0. The Morgan fingerprint density at radius 3 is 1.74 bits per heavy atom. The minimum absolute atomic E-state index is 0.831. The minimum Gasteiger partial charge on any atom is -0.381 e. The zero-order valence-corrected chi connectivity index (χ0v) is 24.9. The van der Waals surface area contributed by atoms with E-state index in [9.17, 15) is 0 Å². The lowest BCUT2D eigenvalue weighted by Gasteiger charge is -2.05. The van der Waals surface area contributed by atoms with Gasteiger partial charge in [-0.25, -0.2) is 4.57 Å². The number of aromatic nitrogens is 2. The van der Waals surface area contributed by atoms with Gasteiger partial charge in [-0.15, -0.1) is 0 Å². The molecule has 0 aromatic carbocycles. The third-order valence-corrected chi connectivity index (χ3v) is 7.35. The van der Waals surface area contributed by atoms with Crippen LogP contribution in [0.15, 0.2) is 49.1 Å². The van der Waals surface area contributed by atoms with E-state index < -0.39 is 0 Å². The molecule has 0 atom stereocenters. The number of ether oxygens (including phenoxy) is 2. The maximum absolute atomic E-state index is 5.85. The molecule has 2 rings (SSSR count). The molecule has 2 aromatic rings. The number of pyridine rings is 2. The normalized spacial score (nSPS) is 11.3. The molecule has 39 heavy (non-hydrogen) atoms. The van der Waals surface area contributed by atoms with Gasteiger partial charge in [0, 0.05) is 56.9 Å². The number of aryl methyl sites for hydroxylation is 3. The fourth-order valence-corrected chi connectivity index (χ4v) is 4.98. The van der Waals surface area contributed by atoms with Crippen molar-refractivity contribution in [1.82, 2.24) is 4.98 Å². The Hall–Kier alpha value is -1.82. The predicted molar refractivity (Wildman–Crippen MR) is 163 cm³/mol. The summed E-state index contributed by atoms with van der Waals surface area (Å²) >= 11 is 0. The van der Waals surface area contributed by atoms with Crippen molar-refractivity contribution < 1.29 is 14.0 Å². The van der Waals surface area contributed by atoms with Crippen LogP contribution in [-0.4, -0.2) is 38.0 Å². The predicted octanol–water partition coefficient (Wildman–Crippen LogP) is 7.39. The Morgan fingerprint density at radius 1 is 0.590 bits per heavy atom. The average molecular weight is 541 g/mol. The van der Waals surface area contributed by atoms with Crippen molar-refractivity contribution in [3.8, 4) is 0 Å². The molecule has 0 saturated carbocycles. The number of hydrogen-bond acceptors (Lipinski definition) is 4. The van der Waals surface area contributed by atoms with E-state index in [4.69, 9.17) is 15.2 Å². The Balaban J connectivity index is 1.33. The van der Waals surface area contributed by atoms with E-state index in [1.165, 1.54) is 101 Å². The van der Waals surface area contributed by atoms with Crippen molar-refractivity contribution >= 4 is 0 Å². The standard InChI is InChI=1S/C34H58N3O2/c35-23-11-7-3-6-10-14-28-39-30-18-22-34-20-16-26-37(32-34)25-12-8-4-1-2-5-9-13-27-38-29-17-21-33-19-15-24-36-31-33/h15-16,19-20,24,26,31-32H,1-14,17-18,21-23,25,27-30,35H2/q+1. The van der Waals surface area contributed by atoms with Crippen molar-refractivity contribution in [2.45, 2.75) is 122 Å². The first-order valence-electron chi connectivity index (χ1n) is 16.1. The highest BCUT2D eigenvalue weighted by molar-refractivity contribution is 5.08.